The van der Waals surface area contributed by atoms with Crippen molar-refractivity contribution in [3.05, 3.63) is 40.1 Å². The Balaban J connectivity index is 2.09. The molecule has 0 aliphatic rings. The van der Waals surface area contributed by atoms with Gasteiger partial charge in [0.15, 0.2) is 5.15 Å². The van der Waals surface area contributed by atoms with Gasteiger partial charge in [0.1, 0.15) is 5.82 Å². The molecule has 2 rings (SSSR count). The van der Waals surface area contributed by atoms with Gasteiger partial charge in [-0.3, -0.25) is 0 Å². The monoisotopic (exact) mass is 314 g/mol. The number of nitrogens with zero attached hydrogens (tertiary/aromatic N) is 3. The van der Waals surface area contributed by atoms with Crippen LogP contribution in [0.5, 0.6) is 0 Å². The highest BCUT2D eigenvalue weighted by atomic mass is 79.9. The fraction of sp³-hybridized carbons (Fsp3) is 0.273. The Morgan fingerprint density at radius 2 is 2.29 bits per heavy atom. The summed E-state index contributed by atoms with van der Waals surface area (Å²) in [4.78, 5) is 8.33. The van der Waals surface area contributed by atoms with Crippen LogP contribution in [0.2, 0.25) is 5.15 Å². The minimum Gasteiger partial charge on any atom is -0.375 e. The molecule has 0 spiro atoms. The second kappa shape index (κ2) is 5.51. The number of aryl methyl sites for hydroxylation is 1. The number of pyridine rings is 1. The van der Waals surface area contributed by atoms with E-state index in [1.807, 2.05) is 12.3 Å². The molecule has 0 aliphatic heterocycles. The fourth-order valence-corrected chi connectivity index (χ4v) is 2.02. The Morgan fingerprint density at radius 1 is 1.47 bits per heavy atom. The van der Waals surface area contributed by atoms with Gasteiger partial charge in [-0.2, -0.15) is 0 Å². The molecule has 2 heterocycles. The van der Waals surface area contributed by atoms with Crippen molar-refractivity contribution in [1.82, 2.24) is 14.5 Å². The highest BCUT2D eigenvalue weighted by Crippen LogP contribution is 2.23. The standard InChI is InChI=1S/C11H12BrClN4/c1-2-17-4-3-14-10(17)7-15-9-5-8(12)6-16-11(9)13/h3-6,15H,2,7H2,1H3. The lowest BCUT2D eigenvalue weighted by Crippen LogP contribution is -2.08. The fourth-order valence-electron chi connectivity index (χ4n) is 1.52. The average Bonchev–Trinajstić information content (AvgIpc) is 2.77. The second-order valence-electron chi connectivity index (χ2n) is 3.47. The van der Waals surface area contributed by atoms with Crippen LogP contribution in [-0.4, -0.2) is 14.5 Å². The first-order valence-corrected chi connectivity index (χ1v) is 6.42. The summed E-state index contributed by atoms with van der Waals surface area (Å²) >= 11 is 9.35. The summed E-state index contributed by atoms with van der Waals surface area (Å²) in [6.45, 7) is 3.61. The third-order valence-corrected chi connectivity index (χ3v) is 3.12. The van der Waals surface area contributed by atoms with Crippen LogP contribution in [0.3, 0.4) is 0 Å². The van der Waals surface area contributed by atoms with Gasteiger partial charge in [-0.15, -0.1) is 0 Å². The van der Waals surface area contributed by atoms with Crippen molar-refractivity contribution in [1.29, 1.82) is 0 Å². The minimum atomic E-state index is 0.461. The van der Waals surface area contributed by atoms with E-state index in [0.717, 1.165) is 22.5 Å². The second-order valence-corrected chi connectivity index (χ2v) is 4.75. The maximum Gasteiger partial charge on any atom is 0.152 e. The van der Waals surface area contributed by atoms with Crippen LogP contribution in [0.4, 0.5) is 5.69 Å². The molecule has 0 bridgehead atoms. The highest BCUT2D eigenvalue weighted by molar-refractivity contribution is 9.10. The number of halogens is 2. The predicted octanol–water partition coefficient (Wildman–Crippen LogP) is 3.33. The smallest absolute Gasteiger partial charge is 0.152 e. The Kier molecular flexibility index (Phi) is 4.02. The summed E-state index contributed by atoms with van der Waals surface area (Å²) in [5.41, 5.74) is 0.798. The number of hydrogen-bond donors (Lipinski definition) is 1. The van der Waals surface area contributed by atoms with E-state index in [4.69, 9.17) is 11.6 Å². The predicted molar refractivity (Wildman–Crippen MR) is 72.2 cm³/mol. The number of hydrogen-bond acceptors (Lipinski definition) is 3. The molecule has 1 N–H and O–H groups in total. The summed E-state index contributed by atoms with van der Waals surface area (Å²) in [7, 11) is 0. The maximum atomic E-state index is 5.99. The third kappa shape index (κ3) is 2.98. The molecule has 90 valence electrons. The van der Waals surface area contributed by atoms with E-state index in [1.54, 1.807) is 12.4 Å². The first-order valence-electron chi connectivity index (χ1n) is 5.25. The maximum absolute atomic E-state index is 5.99. The summed E-state index contributed by atoms with van der Waals surface area (Å²) in [5.74, 6) is 0.976. The Labute approximate surface area is 113 Å². The molecule has 17 heavy (non-hydrogen) atoms. The molecule has 0 amide bonds. The van der Waals surface area contributed by atoms with Crippen molar-refractivity contribution in [2.24, 2.45) is 0 Å². The highest BCUT2D eigenvalue weighted by Gasteiger charge is 2.05. The van der Waals surface area contributed by atoms with Crippen LogP contribution in [0.1, 0.15) is 12.7 Å². The molecule has 0 saturated carbocycles. The first kappa shape index (κ1) is 12.4. The largest absolute Gasteiger partial charge is 0.375 e. The van der Waals surface area contributed by atoms with E-state index in [2.05, 4.69) is 42.7 Å². The van der Waals surface area contributed by atoms with Gasteiger partial charge in [0.05, 0.1) is 12.2 Å². The molecule has 0 aromatic carbocycles. The van der Waals surface area contributed by atoms with Gasteiger partial charge in [-0.05, 0) is 28.9 Å². The van der Waals surface area contributed by atoms with Crippen LogP contribution < -0.4 is 5.32 Å². The van der Waals surface area contributed by atoms with Crippen LogP contribution in [-0.2, 0) is 13.1 Å². The number of aromatic nitrogens is 3. The molecular weight excluding hydrogens is 304 g/mol. The molecule has 0 fully saturated rings. The summed E-state index contributed by atoms with van der Waals surface area (Å²) in [6.07, 6.45) is 5.42. The van der Waals surface area contributed by atoms with E-state index < -0.39 is 0 Å². The van der Waals surface area contributed by atoms with Crippen molar-refractivity contribution in [3.63, 3.8) is 0 Å². The summed E-state index contributed by atoms with van der Waals surface area (Å²) in [5, 5.41) is 3.68. The third-order valence-electron chi connectivity index (χ3n) is 2.39. The van der Waals surface area contributed by atoms with Crippen molar-refractivity contribution >= 4 is 33.2 Å². The van der Waals surface area contributed by atoms with E-state index in [1.165, 1.54) is 0 Å². The van der Waals surface area contributed by atoms with E-state index in [0.29, 0.717) is 11.7 Å². The van der Waals surface area contributed by atoms with Crippen LogP contribution in [0.25, 0.3) is 0 Å². The molecule has 0 radical (unpaired) electrons. The van der Waals surface area contributed by atoms with Crippen molar-refractivity contribution < 1.29 is 0 Å². The molecule has 0 unspecified atom stereocenters. The van der Waals surface area contributed by atoms with Crippen LogP contribution in [0, 0.1) is 0 Å². The van der Waals surface area contributed by atoms with E-state index >= 15 is 0 Å². The lowest BCUT2D eigenvalue weighted by Gasteiger charge is -2.09. The Morgan fingerprint density at radius 3 is 3.06 bits per heavy atom. The Bertz CT molecular complexity index is 512. The molecule has 2 aromatic rings. The number of nitrogens with one attached hydrogen (secondary N) is 1. The number of anilines is 1. The van der Waals surface area contributed by atoms with Gasteiger partial charge in [-0.25, -0.2) is 9.97 Å². The zero-order valence-electron chi connectivity index (χ0n) is 9.32. The van der Waals surface area contributed by atoms with Gasteiger partial charge < -0.3 is 9.88 Å². The molecule has 4 nitrogen and oxygen atoms in total. The number of imidazole rings is 1. The molecule has 0 aliphatic carbocycles. The molecule has 0 saturated heterocycles. The Hall–Kier alpha value is -1.07. The van der Waals surface area contributed by atoms with Crippen LogP contribution >= 0.6 is 27.5 Å². The lowest BCUT2D eigenvalue weighted by atomic mass is 10.4. The first-order chi connectivity index (χ1) is 8.20. The van der Waals surface area contributed by atoms with Crippen molar-refractivity contribution in [2.45, 2.75) is 20.0 Å². The SMILES string of the molecule is CCn1ccnc1CNc1cc(Br)cnc1Cl. The van der Waals surface area contributed by atoms with Gasteiger partial charge >= 0.3 is 0 Å². The number of rotatable bonds is 4. The topological polar surface area (TPSA) is 42.7 Å². The minimum absolute atomic E-state index is 0.461. The molecule has 0 atom stereocenters. The zero-order valence-corrected chi connectivity index (χ0v) is 11.7. The quantitative estimate of drug-likeness (QED) is 0.880. The lowest BCUT2D eigenvalue weighted by molar-refractivity contribution is 0.708. The van der Waals surface area contributed by atoms with Crippen molar-refractivity contribution in [2.75, 3.05) is 5.32 Å². The zero-order chi connectivity index (χ0) is 12.3. The molecular formula is C11H12BrClN4. The van der Waals surface area contributed by atoms with Gasteiger partial charge in [-0.1, -0.05) is 11.6 Å². The van der Waals surface area contributed by atoms with Gasteiger partial charge in [0, 0.05) is 29.6 Å². The van der Waals surface area contributed by atoms with Crippen molar-refractivity contribution in [3.8, 4) is 0 Å². The van der Waals surface area contributed by atoms with E-state index in [9.17, 15) is 0 Å². The van der Waals surface area contributed by atoms with E-state index in [-0.39, 0.29) is 0 Å². The van der Waals surface area contributed by atoms with Gasteiger partial charge in [0.25, 0.3) is 0 Å². The molecule has 6 heteroatoms. The average molecular weight is 316 g/mol. The molecule has 2 aromatic heterocycles. The van der Waals surface area contributed by atoms with Gasteiger partial charge in [0.2, 0.25) is 0 Å². The van der Waals surface area contributed by atoms with Crippen LogP contribution in [0.15, 0.2) is 29.1 Å². The summed E-state index contributed by atoms with van der Waals surface area (Å²) in [6, 6.07) is 1.90. The normalized spacial score (nSPS) is 10.5. The summed E-state index contributed by atoms with van der Waals surface area (Å²) < 4.78 is 2.97.